The summed E-state index contributed by atoms with van der Waals surface area (Å²) < 4.78 is 19.1. The van der Waals surface area contributed by atoms with Crippen LogP contribution in [-0.4, -0.2) is 41.1 Å². The van der Waals surface area contributed by atoms with Crippen LogP contribution in [0.4, 0.5) is 4.39 Å². The minimum atomic E-state index is -0.549. The van der Waals surface area contributed by atoms with Gasteiger partial charge in [0.1, 0.15) is 17.2 Å². The van der Waals surface area contributed by atoms with E-state index in [0.29, 0.717) is 49.2 Å². The van der Waals surface area contributed by atoms with Gasteiger partial charge in [-0.25, -0.2) is 4.39 Å². The van der Waals surface area contributed by atoms with Gasteiger partial charge in [-0.05, 0) is 36.4 Å². The van der Waals surface area contributed by atoms with Crippen molar-refractivity contribution in [3.8, 4) is 5.75 Å². The number of fused-ring (bicyclic) bond motifs is 1. The summed E-state index contributed by atoms with van der Waals surface area (Å²) in [5.74, 6) is 0.0401. The van der Waals surface area contributed by atoms with Gasteiger partial charge >= 0.3 is 0 Å². The summed E-state index contributed by atoms with van der Waals surface area (Å²) in [4.78, 5) is 38.9. The van der Waals surface area contributed by atoms with Gasteiger partial charge in [0.05, 0.1) is 12.0 Å². The number of hydrogen-bond donors (Lipinski definition) is 0. The first-order chi connectivity index (χ1) is 14.0. The molecule has 0 bridgehead atoms. The molecule has 1 spiro atoms. The predicted octanol–water partition coefficient (Wildman–Crippen LogP) is 3.82. The van der Waals surface area contributed by atoms with E-state index in [-0.39, 0.29) is 30.3 Å². The molecule has 2 aromatic carbocycles. The van der Waals surface area contributed by atoms with Crippen LogP contribution in [-0.2, 0) is 4.79 Å². The number of hydrogen-bond acceptors (Lipinski definition) is 4. The molecule has 0 saturated carbocycles. The Balaban J connectivity index is 1.31. The van der Waals surface area contributed by atoms with Crippen LogP contribution in [0, 0.1) is 5.82 Å². The number of benzene rings is 2. The summed E-state index contributed by atoms with van der Waals surface area (Å²) in [5.41, 5.74) is 0.479. The van der Waals surface area contributed by atoms with Crippen LogP contribution in [0.3, 0.4) is 0 Å². The molecule has 1 fully saturated rings. The number of ketones is 2. The molecule has 0 aromatic heterocycles. The molecule has 29 heavy (non-hydrogen) atoms. The number of amides is 1. The second-order valence-electron chi connectivity index (χ2n) is 7.69. The lowest BCUT2D eigenvalue weighted by Gasteiger charge is -2.44. The Bertz CT molecular complexity index is 946. The fourth-order valence-electron chi connectivity index (χ4n) is 4.04. The van der Waals surface area contributed by atoms with Crippen LogP contribution in [0.2, 0.25) is 0 Å². The number of carbonyl (C=O) groups excluding carboxylic acids is 3. The predicted molar refractivity (Wildman–Crippen MR) is 105 cm³/mol. The first kappa shape index (κ1) is 19.3. The average Bonchev–Trinajstić information content (AvgIpc) is 2.73. The van der Waals surface area contributed by atoms with Crippen molar-refractivity contribution < 1.29 is 23.5 Å². The van der Waals surface area contributed by atoms with E-state index in [1.807, 2.05) is 18.2 Å². The van der Waals surface area contributed by atoms with Gasteiger partial charge in [0.15, 0.2) is 11.6 Å². The van der Waals surface area contributed by atoms with E-state index in [9.17, 15) is 18.8 Å². The highest BCUT2D eigenvalue weighted by molar-refractivity contribution is 6.00. The fraction of sp³-hybridized carbons (Fsp3) is 0.348. The standard InChI is InChI=1S/C23H22FNO4/c24-17-7-5-16(6-8-17)19(26)9-10-22(28)25-13-11-23(12-14-25)15-20(27)18-3-1-2-4-21(18)29-23/h1-8H,9-15H2. The maximum atomic E-state index is 13.0. The van der Waals surface area contributed by atoms with Gasteiger partial charge in [-0.15, -0.1) is 0 Å². The molecule has 2 aliphatic heterocycles. The quantitative estimate of drug-likeness (QED) is 0.739. The molecule has 2 aliphatic rings. The monoisotopic (exact) mass is 395 g/mol. The molecule has 0 aliphatic carbocycles. The lowest BCUT2D eigenvalue weighted by atomic mass is 9.82. The number of ether oxygens (including phenoxy) is 1. The third kappa shape index (κ3) is 4.06. The van der Waals surface area contributed by atoms with Crippen molar-refractivity contribution in [1.29, 1.82) is 0 Å². The molecule has 0 atom stereocenters. The van der Waals surface area contributed by atoms with E-state index in [1.165, 1.54) is 24.3 Å². The van der Waals surface area contributed by atoms with Crippen molar-refractivity contribution >= 4 is 17.5 Å². The van der Waals surface area contributed by atoms with Crippen LogP contribution in [0.25, 0.3) is 0 Å². The van der Waals surface area contributed by atoms with Gasteiger partial charge in [0.25, 0.3) is 0 Å². The molecule has 2 aromatic rings. The molecule has 4 rings (SSSR count). The fourth-order valence-corrected chi connectivity index (χ4v) is 4.04. The molecule has 0 radical (unpaired) electrons. The Morgan fingerprint density at radius 1 is 1.00 bits per heavy atom. The topological polar surface area (TPSA) is 63.7 Å². The van der Waals surface area contributed by atoms with Gasteiger partial charge in [-0.1, -0.05) is 12.1 Å². The molecule has 1 amide bonds. The van der Waals surface area contributed by atoms with Crippen LogP contribution < -0.4 is 4.74 Å². The highest BCUT2D eigenvalue weighted by Gasteiger charge is 2.43. The summed E-state index contributed by atoms with van der Waals surface area (Å²) in [7, 11) is 0. The summed E-state index contributed by atoms with van der Waals surface area (Å²) in [5, 5.41) is 0. The molecule has 2 heterocycles. The Morgan fingerprint density at radius 3 is 2.41 bits per heavy atom. The Labute approximate surface area is 168 Å². The largest absolute Gasteiger partial charge is 0.486 e. The molecule has 1 saturated heterocycles. The Kier molecular flexibility index (Phi) is 5.18. The van der Waals surface area contributed by atoms with Crippen LogP contribution in [0.5, 0.6) is 5.75 Å². The summed E-state index contributed by atoms with van der Waals surface area (Å²) >= 11 is 0. The number of para-hydroxylation sites is 1. The Hall–Kier alpha value is -3.02. The zero-order valence-corrected chi connectivity index (χ0v) is 16.0. The van der Waals surface area contributed by atoms with Crippen molar-refractivity contribution in [1.82, 2.24) is 4.90 Å². The van der Waals surface area contributed by atoms with Gasteiger partial charge in [0.2, 0.25) is 5.91 Å². The van der Waals surface area contributed by atoms with Gasteiger partial charge < -0.3 is 9.64 Å². The van der Waals surface area contributed by atoms with Gasteiger partial charge in [-0.2, -0.15) is 0 Å². The Morgan fingerprint density at radius 2 is 1.69 bits per heavy atom. The van der Waals surface area contributed by atoms with E-state index in [0.717, 1.165) is 0 Å². The van der Waals surface area contributed by atoms with Crippen molar-refractivity contribution in [2.75, 3.05) is 13.1 Å². The maximum absolute atomic E-state index is 13.0. The van der Waals surface area contributed by atoms with Crippen LogP contribution in [0.1, 0.15) is 52.8 Å². The van der Waals surface area contributed by atoms with E-state index in [4.69, 9.17) is 4.74 Å². The molecule has 5 nitrogen and oxygen atoms in total. The highest BCUT2D eigenvalue weighted by Crippen LogP contribution is 2.39. The second-order valence-corrected chi connectivity index (χ2v) is 7.69. The summed E-state index contributed by atoms with van der Waals surface area (Å²) in [6, 6.07) is 12.6. The zero-order chi connectivity index (χ0) is 20.4. The number of carbonyl (C=O) groups is 3. The maximum Gasteiger partial charge on any atom is 0.223 e. The third-order valence-corrected chi connectivity index (χ3v) is 5.76. The molecule has 6 heteroatoms. The lowest BCUT2D eigenvalue weighted by Crippen LogP contribution is -2.52. The lowest BCUT2D eigenvalue weighted by molar-refractivity contribution is -0.134. The summed E-state index contributed by atoms with van der Waals surface area (Å²) in [6.07, 6.45) is 1.71. The number of Topliss-reactive ketones (excluding diaryl/α,β-unsaturated/α-hetero) is 2. The minimum Gasteiger partial charge on any atom is -0.486 e. The smallest absolute Gasteiger partial charge is 0.223 e. The number of piperidine rings is 1. The normalized spacial score (nSPS) is 17.6. The van der Waals surface area contributed by atoms with Gasteiger partial charge in [0, 0.05) is 44.3 Å². The van der Waals surface area contributed by atoms with E-state index >= 15 is 0 Å². The number of rotatable bonds is 4. The SMILES string of the molecule is O=C(CCC(=O)N1CCC2(CC1)CC(=O)c1ccccc1O2)c1ccc(F)cc1. The highest BCUT2D eigenvalue weighted by atomic mass is 19.1. The van der Waals surface area contributed by atoms with Crippen molar-refractivity contribution in [3.63, 3.8) is 0 Å². The van der Waals surface area contributed by atoms with Crippen molar-refractivity contribution in [2.45, 2.75) is 37.7 Å². The van der Waals surface area contributed by atoms with Gasteiger partial charge in [-0.3, -0.25) is 14.4 Å². The zero-order valence-electron chi connectivity index (χ0n) is 16.0. The van der Waals surface area contributed by atoms with Crippen molar-refractivity contribution in [2.24, 2.45) is 0 Å². The minimum absolute atomic E-state index is 0.0801. The third-order valence-electron chi connectivity index (χ3n) is 5.76. The number of likely N-dealkylation sites (tertiary alicyclic amines) is 1. The van der Waals surface area contributed by atoms with E-state index in [2.05, 4.69) is 0 Å². The molecular weight excluding hydrogens is 373 g/mol. The first-order valence-corrected chi connectivity index (χ1v) is 9.84. The van der Waals surface area contributed by atoms with Crippen LogP contribution in [0.15, 0.2) is 48.5 Å². The first-order valence-electron chi connectivity index (χ1n) is 9.84. The summed E-state index contributed by atoms with van der Waals surface area (Å²) in [6.45, 7) is 0.998. The molecule has 150 valence electrons. The van der Waals surface area contributed by atoms with Crippen molar-refractivity contribution in [3.05, 3.63) is 65.5 Å². The van der Waals surface area contributed by atoms with E-state index in [1.54, 1.807) is 11.0 Å². The average molecular weight is 395 g/mol. The van der Waals surface area contributed by atoms with Crippen LogP contribution >= 0.6 is 0 Å². The number of halogens is 1. The molecule has 0 N–H and O–H groups in total. The molecular formula is C23H22FNO4. The molecule has 0 unspecified atom stereocenters. The second kappa shape index (κ2) is 7.78. The number of nitrogens with zero attached hydrogens (tertiary/aromatic N) is 1. The van der Waals surface area contributed by atoms with E-state index < -0.39 is 11.4 Å².